The first-order chi connectivity index (χ1) is 10.2. The Labute approximate surface area is 125 Å². The van der Waals surface area contributed by atoms with Crippen molar-refractivity contribution in [2.75, 3.05) is 32.7 Å². The van der Waals surface area contributed by atoms with E-state index in [0.29, 0.717) is 13.2 Å². The van der Waals surface area contributed by atoms with E-state index in [1.54, 1.807) is 14.2 Å². The van der Waals surface area contributed by atoms with Crippen LogP contribution in [0.2, 0.25) is 0 Å². The highest BCUT2D eigenvalue weighted by molar-refractivity contribution is 5.59. The van der Waals surface area contributed by atoms with Crippen LogP contribution in [0, 0.1) is 6.92 Å². The van der Waals surface area contributed by atoms with Gasteiger partial charge in [-0.3, -0.25) is 0 Å². The van der Waals surface area contributed by atoms with E-state index in [4.69, 9.17) is 14.2 Å². The van der Waals surface area contributed by atoms with Crippen molar-refractivity contribution in [1.82, 2.24) is 0 Å². The summed E-state index contributed by atoms with van der Waals surface area (Å²) in [5.41, 5.74) is 2.12. The summed E-state index contributed by atoms with van der Waals surface area (Å²) in [5, 5.41) is 3.29. The molecule has 0 amide bonds. The van der Waals surface area contributed by atoms with Crippen molar-refractivity contribution < 1.29 is 14.2 Å². The summed E-state index contributed by atoms with van der Waals surface area (Å²) in [5.74, 6) is 2.45. The molecule has 0 saturated heterocycles. The number of aryl methyl sites for hydroxylation is 1. The predicted molar refractivity (Wildman–Crippen MR) is 84.7 cm³/mol. The molecule has 0 aliphatic rings. The van der Waals surface area contributed by atoms with E-state index in [0.717, 1.165) is 22.9 Å². The van der Waals surface area contributed by atoms with Crippen molar-refractivity contribution in [3.05, 3.63) is 48.0 Å². The molecule has 0 atom stereocenters. The third-order valence-corrected chi connectivity index (χ3v) is 3.11. The molecular formula is C17H21NO3. The number of methoxy groups -OCH3 is 2. The van der Waals surface area contributed by atoms with Gasteiger partial charge in [0.05, 0.1) is 19.9 Å². The maximum Gasteiger partial charge on any atom is 0.142 e. The standard InChI is InChI=1S/C17H21NO3/c1-13-4-6-14(7-5-13)21-11-10-18-16-12-15(19-2)8-9-17(16)20-3/h4-9,12,18H,10-11H2,1-3H3. The molecule has 0 spiro atoms. The third kappa shape index (κ3) is 4.31. The average Bonchev–Trinajstić information content (AvgIpc) is 2.53. The van der Waals surface area contributed by atoms with Crippen LogP contribution >= 0.6 is 0 Å². The van der Waals surface area contributed by atoms with Crippen molar-refractivity contribution in [3.63, 3.8) is 0 Å². The summed E-state index contributed by atoms with van der Waals surface area (Å²) >= 11 is 0. The van der Waals surface area contributed by atoms with Crippen LogP contribution < -0.4 is 19.5 Å². The lowest BCUT2D eigenvalue weighted by atomic mass is 10.2. The summed E-state index contributed by atoms with van der Waals surface area (Å²) < 4.78 is 16.2. The van der Waals surface area contributed by atoms with Crippen molar-refractivity contribution in [2.24, 2.45) is 0 Å². The second-order valence-electron chi connectivity index (χ2n) is 4.65. The van der Waals surface area contributed by atoms with E-state index in [1.807, 2.05) is 42.5 Å². The Morgan fingerprint density at radius 1 is 0.905 bits per heavy atom. The van der Waals surface area contributed by atoms with Crippen LogP contribution in [0.4, 0.5) is 5.69 Å². The molecule has 2 aromatic rings. The van der Waals surface area contributed by atoms with E-state index >= 15 is 0 Å². The van der Waals surface area contributed by atoms with Crippen LogP contribution in [-0.2, 0) is 0 Å². The summed E-state index contributed by atoms with van der Waals surface area (Å²) in [7, 11) is 3.29. The first-order valence-electron chi connectivity index (χ1n) is 6.88. The Hall–Kier alpha value is -2.36. The van der Waals surface area contributed by atoms with Crippen molar-refractivity contribution in [1.29, 1.82) is 0 Å². The van der Waals surface area contributed by atoms with Crippen LogP contribution in [0.5, 0.6) is 17.2 Å². The molecule has 0 aromatic heterocycles. The topological polar surface area (TPSA) is 39.7 Å². The van der Waals surface area contributed by atoms with Gasteiger partial charge in [-0.25, -0.2) is 0 Å². The number of nitrogens with one attached hydrogen (secondary N) is 1. The molecule has 0 saturated carbocycles. The number of ether oxygens (including phenoxy) is 3. The molecule has 2 aromatic carbocycles. The maximum absolute atomic E-state index is 5.68. The monoisotopic (exact) mass is 287 g/mol. The number of rotatable bonds is 7. The average molecular weight is 287 g/mol. The molecule has 21 heavy (non-hydrogen) atoms. The maximum atomic E-state index is 5.68. The number of benzene rings is 2. The Kier molecular flexibility index (Phi) is 5.32. The molecule has 0 unspecified atom stereocenters. The van der Waals surface area contributed by atoms with Gasteiger partial charge in [0.15, 0.2) is 0 Å². The molecule has 0 aliphatic heterocycles. The van der Waals surface area contributed by atoms with Gasteiger partial charge in [0.25, 0.3) is 0 Å². The first kappa shape index (κ1) is 15.0. The van der Waals surface area contributed by atoms with E-state index in [-0.39, 0.29) is 0 Å². The van der Waals surface area contributed by atoms with E-state index in [2.05, 4.69) is 12.2 Å². The Morgan fingerprint density at radius 2 is 1.62 bits per heavy atom. The molecule has 112 valence electrons. The fraction of sp³-hybridized carbons (Fsp3) is 0.294. The van der Waals surface area contributed by atoms with Gasteiger partial charge in [0.1, 0.15) is 23.9 Å². The molecule has 4 nitrogen and oxygen atoms in total. The van der Waals surface area contributed by atoms with Gasteiger partial charge in [-0.15, -0.1) is 0 Å². The molecule has 1 N–H and O–H groups in total. The van der Waals surface area contributed by atoms with E-state index in [1.165, 1.54) is 5.56 Å². The lowest BCUT2D eigenvalue weighted by Gasteiger charge is -2.13. The summed E-state index contributed by atoms with van der Waals surface area (Å²) in [6, 6.07) is 13.7. The molecule has 4 heteroatoms. The van der Waals surface area contributed by atoms with Crippen LogP contribution in [-0.4, -0.2) is 27.4 Å². The minimum Gasteiger partial charge on any atom is -0.497 e. The van der Waals surface area contributed by atoms with Crippen LogP contribution in [0.25, 0.3) is 0 Å². The smallest absolute Gasteiger partial charge is 0.142 e. The van der Waals surface area contributed by atoms with Crippen LogP contribution in [0.1, 0.15) is 5.56 Å². The number of hydrogen-bond acceptors (Lipinski definition) is 4. The molecule has 0 fully saturated rings. The molecule has 0 heterocycles. The highest BCUT2D eigenvalue weighted by Crippen LogP contribution is 2.28. The minimum absolute atomic E-state index is 0.573. The van der Waals surface area contributed by atoms with Crippen LogP contribution in [0.3, 0.4) is 0 Å². The lowest BCUT2D eigenvalue weighted by Crippen LogP contribution is -2.12. The molecule has 0 bridgehead atoms. The largest absolute Gasteiger partial charge is 0.497 e. The van der Waals surface area contributed by atoms with Gasteiger partial charge in [-0.2, -0.15) is 0 Å². The molecule has 2 rings (SSSR count). The van der Waals surface area contributed by atoms with E-state index < -0.39 is 0 Å². The van der Waals surface area contributed by atoms with Gasteiger partial charge in [0.2, 0.25) is 0 Å². The zero-order valence-electron chi connectivity index (χ0n) is 12.7. The molecule has 0 radical (unpaired) electrons. The lowest BCUT2D eigenvalue weighted by molar-refractivity contribution is 0.332. The van der Waals surface area contributed by atoms with Gasteiger partial charge in [0, 0.05) is 12.6 Å². The minimum atomic E-state index is 0.573. The molecule has 0 aliphatic carbocycles. The van der Waals surface area contributed by atoms with Crippen LogP contribution in [0.15, 0.2) is 42.5 Å². The van der Waals surface area contributed by atoms with Crippen molar-refractivity contribution in [2.45, 2.75) is 6.92 Å². The predicted octanol–water partition coefficient (Wildman–Crippen LogP) is 3.50. The van der Waals surface area contributed by atoms with Gasteiger partial charge >= 0.3 is 0 Å². The Morgan fingerprint density at radius 3 is 2.29 bits per heavy atom. The van der Waals surface area contributed by atoms with Crippen molar-refractivity contribution in [3.8, 4) is 17.2 Å². The van der Waals surface area contributed by atoms with Gasteiger partial charge in [-0.1, -0.05) is 17.7 Å². The third-order valence-electron chi connectivity index (χ3n) is 3.11. The normalized spacial score (nSPS) is 10.0. The fourth-order valence-corrected chi connectivity index (χ4v) is 1.94. The number of anilines is 1. The second-order valence-corrected chi connectivity index (χ2v) is 4.65. The number of hydrogen-bond donors (Lipinski definition) is 1. The second kappa shape index (κ2) is 7.43. The zero-order chi connectivity index (χ0) is 15.1. The summed E-state index contributed by atoms with van der Waals surface area (Å²) in [4.78, 5) is 0. The highest BCUT2D eigenvalue weighted by Gasteiger charge is 2.04. The SMILES string of the molecule is COc1ccc(OC)c(NCCOc2ccc(C)cc2)c1. The van der Waals surface area contributed by atoms with Crippen molar-refractivity contribution >= 4 is 5.69 Å². The Bertz CT molecular complexity index is 567. The van der Waals surface area contributed by atoms with Gasteiger partial charge < -0.3 is 19.5 Å². The highest BCUT2D eigenvalue weighted by atomic mass is 16.5. The first-order valence-corrected chi connectivity index (χ1v) is 6.88. The van der Waals surface area contributed by atoms with Gasteiger partial charge in [-0.05, 0) is 31.2 Å². The quantitative estimate of drug-likeness (QED) is 0.791. The fourth-order valence-electron chi connectivity index (χ4n) is 1.94. The summed E-state index contributed by atoms with van der Waals surface area (Å²) in [6.45, 7) is 3.31. The Balaban J connectivity index is 1.86. The van der Waals surface area contributed by atoms with E-state index in [9.17, 15) is 0 Å². The zero-order valence-corrected chi connectivity index (χ0v) is 12.7. The summed E-state index contributed by atoms with van der Waals surface area (Å²) in [6.07, 6.45) is 0. The molecular weight excluding hydrogens is 266 g/mol.